The lowest BCUT2D eigenvalue weighted by Crippen LogP contribution is -2.26. The minimum Gasteiger partial charge on any atom is -0.464 e. The van der Waals surface area contributed by atoms with Gasteiger partial charge in [0.1, 0.15) is 0 Å². The molecule has 0 aliphatic heterocycles. The van der Waals surface area contributed by atoms with Crippen LogP contribution in [0.5, 0.6) is 0 Å². The third-order valence-electron chi connectivity index (χ3n) is 4.34. The standard InChI is InChI=1S/C19H38O6S/c1-3-4-5-6-7-8-9-10-11-12-13-14-15-16-17-24-19(20)18(2)25-26(21,22)23/h18H,3-17H2,1-2H3,(H,21,22,23). The van der Waals surface area contributed by atoms with Gasteiger partial charge in [0.15, 0.2) is 6.10 Å². The van der Waals surface area contributed by atoms with E-state index >= 15 is 0 Å². The Bertz CT molecular complexity index is 435. The first-order chi connectivity index (χ1) is 12.4. The van der Waals surface area contributed by atoms with Crippen LogP contribution < -0.4 is 0 Å². The highest BCUT2D eigenvalue weighted by Crippen LogP contribution is 2.13. The smallest absolute Gasteiger partial charge is 0.398 e. The van der Waals surface area contributed by atoms with Crippen molar-refractivity contribution in [3.8, 4) is 0 Å². The van der Waals surface area contributed by atoms with E-state index < -0.39 is 22.5 Å². The van der Waals surface area contributed by atoms with E-state index in [2.05, 4.69) is 11.1 Å². The maximum Gasteiger partial charge on any atom is 0.398 e. The second-order valence-electron chi connectivity index (χ2n) is 6.93. The lowest BCUT2D eigenvalue weighted by Gasteiger charge is -2.10. The van der Waals surface area contributed by atoms with Gasteiger partial charge in [0.2, 0.25) is 0 Å². The van der Waals surface area contributed by atoms with Gasteiger partial charge in [0.25, 0.3) is 0 Å². The average molecular weight is 395 g/mol. The van der Waals surface area contributed by atoms with Crippen LogP contribution in [0.4, 0.5) is 0 Å². The van der Waals surface area contributed by atoms with Crippen molar-refractivity contribution in [2.75, 3.05) is 6.61 Å². The van der Waals surface area contributed by atoms with E-state index in [0.717, 1.165) is 19.3 Å². The molecule has 0 heterocycles. The third-order valence-corrected chi connectivity index (χ3v) is 4.87. The van der Waals surface area contributed by atoms with E-state index in [0.29, 0.717) is 0 Å². The van der Waals surface area contributed by atoms with Gasteiger partial charge in [-0.05, 0) is 13.3 Å². The molecule has 0 aromatic heterocycles. The molecule has 0 spiro atoms. The van der Waals surface area contributed by atoms with Crippen molar-refractivity contribution in [2.24, 2.45) is 0 Å². The Kier molecular flexibility index (Phi) is 16.1. The van der Waals surface area contributed by atoms with Crippen LogP contribution in [0.3, 0.4) is 0 Å². The molecule has 1 N–H and O–H groups in total. The molecule has 0 bridgehead atoms. The monoisotopic (exact) mass is 394 g/mol. The molecule has 1 atom stereocenters. The summed E-state index contributed by atoms with van der Waals surface area (Å²) < 4.78 is 38.5. The average Bonchev–Trinajstić information content (AvgIpc) is 2.56. The molecule has 26 heavy (non-hydrogen) atoms. The molecule has 7 heteroatoms. The van der Waals surface area contributed by atoms with Gasteiger partial charge >= 0.3 is 16.4 Å². The van der Waals surface area contributed by atoms with Gasteiger partial charge in [-0.25, -0.2) is 8.98 Å². The zero-order valence-electron chi connectivity index (χ0n) is 16.6. The number of carbonyl (C=O) groups excluding carboxylic acids is 1. The van der Waals surface area contributed by atoms with Gasteiger partial charge < -0.3 is 4.74 Å². The van der Waals surface area contributed by atoms with Crippen LogP contribution in [0, 0.1) is 0 Å². The van der Waals surface area contributed by atoms with Crippen LogP contribution in [-0.2, 0) is 24.1 Å². The second-order valence-corrected chi connectivity index (χ2v) is 7.98. The van der Waals surface area contributed by atoms with Crippen LogP contribution in [0.2, 0.25) is 0 Å². The fourth-order valence-corrected chi connectivity index (χ4v) is 3.25. The highest BCUT2D eigenvalue weighted by molar-refractivity contribution is 7.80. The van der Waals surface area contributed by atoms with Gasteiger partial charge in [-0.1, -0.05) is 90.4 Å². The summed E-state index contributed by atoms with van der Waals surface area (Å²) in [5, 5.41) is 0. The molecule has 1 unspecified atom stereocenters. The molecule has 0 aliphatic rings. The zero-order valence-corrected chi connectivity index (χ0v) is 17.4. The molecule has 0 aromatic carbocycles. The van der Waals surface area contributed by atoms with Gasteiger partial charge in [0, 0.05) is 0 Å². The predicted molar refractivity (Wildman–Crippen MR) is 103 cm³/mol. The van der Waals surface area contributed by atoms with E-state index in [4.69, 9.17) is 9.29 Å². The highest BCUT2D eigenvalue weighted by Gasteiger charge is 2.21. The summed E-state index contributed by atoms with van der Waals surface area (Å²) in [5.41, 5.74) is 0. The largest absolute Gasteiger partial charge is 0.464 e. The lowest BCUT2D eigenvalue weighted by atomic mass is 10.0. The first kappa shape index (κ1) is 25.3. The minimum absolute atomic E-state index is 0.246. The Morgan fingerprint density at radius 2 is 1.19 bits per heavy atom. The molecule has 6 nitrogen and oxygen atoms in total. The summed E-state index contributed by atoms with van der Waals surface area (Å²) in [6.07, 6.45) is 16.2. The number of rotatable bonds is 18. The summed E-state index contributed by atoms with van der Waals surface area (Å²) in [5.74, 6) is -0.780. The van der Waals surface area contributed by atoms with Crippen LogP contribution >= 0.6 is 0 Å². The normalized spacial score (nSPS) is 12.9. The first-order valence-corrected chi connectivity index (χ1v) is 11.6. The van der Waals surface area contributed by atoms with Crippen molar-refractivity contribution in [3.63, 3.8) is 0 Å². The molecular formula is C19H38O6S. The van der Waals surface area contributed by atoms with E-state index in [1.807, 2.05) is 0 Å². The molecule has 0 radical (unpaired) electrons. The first-order valence-electron chi connectivity index (χ1n) is 10.2. The molecule has 0 rings (SSSR count). The number of ether oxygens (including phenoxy) is 1. The molecule has 0 aromatic rings. The maximum absolute atomic E-state index is 11.4. The zero-order chi connectivity index (χ0) is 19.7. The van der Waals surface area contributed by atoms with Crippen molar-refractivity contribution >= 4 is 16.4 Å². The number of carbonyl (C=O) groups is 1. The third kappa shape index (κ3) is 18.1. The van der Waals surface area contributed by atoms with Crippen molar-refractivity contribution < 1.29 is 26.7 Å². The van der Waals surface area contributed by atoms with Crippen LogP contribution in [-0.4, -0.2) is 31.7 Å². The molecule has 0 aliphatic carbocycles. The van der Waals surface area contributed by atoms with E-state index in [1.165, 1.54) is 77.6 Å². The SMILES string of the molecule is CCCCCCCCCCCCCCCCOC(=O)C(C)OS(=O)(=O)O. The van der Waals surface area contributed by atoms with Crippen LogP contribution in [0.1, 0.15) is 104 Å². The molecule has 0 saturated heterocycles. The van der Waals surface area contributed by atoms with Crippen LogP contribution in [0.25, 0.3) is 0 Å². The van der Waals surface area contributed by atoms with Crippen molar-refractivity contribution in [1.82, 2.24) is 0 Å². The Morgan fingerprint density at radius 1 is 0.808 bits per heavy atom. The number of hydrogen-bond donors (Lipinski definition) is 1. The predicted octanol–water partition coefficient (Wildman–Crippen LogP) is 5.22. The second kappa shape index (κ2) is 16.5. The number of esters is 1. The number of hydrogen-bond acceptors (Lipinski definition) is 5. The topological polar surface area (TPSA) is 89.9 Å². The number of unbranched alkanes of at least 4 members (excludes halogenated alkanes) is 13. The van der Waals surface area contributed by atoms with E-state index in [1.54, 1.807) is 0 Å². The van der Waals surface area contributed by atoms with Crippen molar-refractivity contribution in [1.29, 1.82) is 0 Å². The van der Waals surface area contributed by atoms with Crippen molar-refractivity contribution in [3.05, 3.63) is 0 Å². The highest BCUT2D eigenvalue weighted by atomic mass is 32.3. The summed E-state index contributed by atoms with van der Waals surface area (Å²) >= 11 is 0. The van der Waals surface area contributed by atoms with Gasteiger partial charge in [-0.2, -0.15) is 8.42 Å². The van der Waals surface area contributed by atoms with Gasteiger partial charge in [0.05, 0.1) is 6.61 Å². The minimum atomic E-state index is -4.63. The Morgan fingerprint density at radius 3 is 1.58 bits per heavy atom. The van der Waals surface area contributed by atoms with Gasteiger partial charge in [-0.3, -0.25) is 4.55 Å². The van der Waals surface area contributed by atoms with Crippen molar-refractivity contribution in [2.45, 2.75) is 110 Å². The lowest BCUT2D eigenvalue weighted by molar-refractivity contribution is -0.151. The Labute approximate surface area is 160 Å². The Hall–Kier alpha value is -0.660. The Balaban J connectivity index is 3.30. The summed E-state index contributed by atoms with van der Waals surface area (Å²) in [4.78, 5) is 11.4. The molecular weight excluding hydrogens is 356 g/mol. The molecule has 0 saturated carbocycles. The quantitative estimate of drug-likeness (QED) is 0.195. The maximum atomic E-state index is 11.4. The fourth-order valence-electron chi connectivity index (χ4n) is 2.81. The molecule has 0 amide bonds. The van der Waals surface area contributed by atoms with E-state index in [9.17, 15) is 13.2 Å². The van der Waals surface area contributed by atoms with Crippen LogP contribution in [0.15, 0.2) is 0 Å². The summed E-state index contributed by atoms with van der Waals surface area (Å²) in [6, 6.07) is 0. The molecule has 0 fully saturated rings. The van der Waals surface area contributed by atoms with E-state index in [-0.39, 0.29) is 6.61 Å². The van der Waals surface area contributed by atoms with Gasteiger partial charge in [-0.15, -0.1) is 0 Å². The fraction of sp³-hybridized carbons (Fsp3) is 0.947. The summed E-state index contributed by atoms with van der Waals surface area (Å²) in [6.45, 7) is 3.72. The molecule has 156 valence electrons. The summed E-state index contributed by atoms with van der Waals surface area (Å²) in [7, 11) is -4.63.